The highest BCUT2D eigenvalue weighted by Gasteiger charge is 2.40. The van der Waals surface area contributed by atoms with Gasteiger partial charge in [0.15, 0.2) is 5.79 Å². The zero-order chi connectivity index (χ0) is 18.6. The number of carbonyl (C=O) groups excluding carboxylic acids is 2. The van der Waals surface area contributed by atoms with E-state index >= 15 is 0 Å². The van der Waals surface area contributed by atoms with Crippen molar-refractivity contribution >= 4 is 17.5 Å². The van der Waals surface area contributed by atoms with Crippen LogP contribution in [-0.4, -0.2) is 62.5 Å². The number of hydrogen-bond acceptors (Lipinski definition) is 5. The van der Waals surface area contributed by atoms with Crippen LogP contribution in [-0.2, 0) is 19.1 Å². The molecule has 0 saturated carbocycles. The Morgan fingerprint density at radius 2 is 1.77 bits per heavy atom. The summed E-state index contributed by atoms with van der Waals surface area (Å²) in [5.74, 6) is 0.212. The molecule has 0 bridgehead atoms. The lowest BCUT2D eigenvalue weighted by atomic mass is 10.0. The molecule has 1 aromatic carbocycles. The summed E-state index contributed by atoms with van der Waals surface area (Å²) in [4.78, 5) is 28.0. The Hall–Kier alpha value is -2.12. The third-order valence-electron chi connectivity index (χ3n) is 5.00. The van der Waals surface area contributed by atoms with Crippen LogP contribution in [0.1, 0.15) is 26.2 Å². The maximum Gasteiger partial charge on any atom is 0.224 e. The number of carbonyl (C=O) groups is 2. The number of piperidine rings is 1. The van der Waals surface area contributed by atoms with Crippen molar-refractivity contribution in [3.05, 3.63) is 24.3 Å². The molecule has 0 aromatic heterocycles. The predicted octanol–water partition coefficient (Wildman–Crippen LogP) is 1.80. The third-order valence-corrected chi connectivity index (χ3v) is 5.00. The molecule has 0 N–H and O–H groups in total. The van der Waals surface area contributed by atoms with Gasteiger partial charge in [-0.2, -0.15) is 0 Å². The van der Waals surface area contributed by atoms with Crippen LogP contribution in [0, 0.1) is 0 Å². The predicted molar refractivity (Wildman–Crippen MR) is 96.1 cm³/mol. The van der Waals surface area contributed by atoms with Gasteiger partial charge in [-0.15, -0.1) is 0 Å². The van der Waals surface area contributed by atoms with Crippen LogP contribution in [0.2, 0.25) is 0 Å². The van der Waals surface area contributed by atoms with Gasteiger partial charge >= 0.3 is 0 Å². The van der Waals surface area contributed by atoms with Crippen LogP contribution in [0.25, 0.3) is 0 Å². The first-order chi connectivity index (χ1) is 12.5. The number of hydrogen-bond donors (Lipinski definition) is 0. The molecule has 0 atom stereocenters. The van der Waals surface area contributed by atoms with E-state index in [0.717, 1.165) is 11.4 Å². The Morgan fingerprint density at radius 1 is 1.15 bits per heavy atom. The monoisotopic (exact) mass is 362 g/mol. The summed E-state index contributed by atoms with van der Waals surface area (Å²) in [6.45, 7) is 4.37. The number of methoxy groups -OCH3 is 1. The van der Waals surface area contributed by atoms with E-state index in [1.807, 2.05) is 17.0 Å². The average Bonchev–Trinajstić information content (AvgIpc) is 3.10. The van der Waals surface area contributed by atoms with Crippen LogP contribution in [0.15, 0.2) is 24.3 Å². The maximum absolute atomic E-state index is 12.5. The van der Waals surface area contributed by atoms with E-state index in [-0.39, 0.29) is 11.8 Å². The highest BCUT2D eigenvalue weighted by molar-refractivity contribution is 5.92. The number of ether oxygens (including phenoxy) is 3. The number of nitrogens with zero attached hydrogens (tertiary/aromatic N) is 2. The number of rotatable bonds is 5. The summed E-state index contributed by atoms with van der Waals surface area (Å²) >= 11 is 0. The van der Waals surface area contributed by atoms with Gasteiger partial charge in [0.1, 0.15) is 5.75 Å². The largest absolute Gasteiger partial charge is 0.497 e. The fourth-order valence-electron chi connectivity index (χ4n) is 3.48. The standard InChI is InChI=1S/C19H26N2O5/c1-15(22)21(16-3-5-17(24-2)6-4-16)10-7-18(23)20-11-8-19(9-12-20)25-13-14-26-19/h3-6H,7-14H2,1-2H3. The van der Waals surface area contributed by atoms with Crippen LogP contribution < -0.4 is 9.64 Å². The Labute approximate surface area is 153 Å². The van der Waals surface area contributed by atoms with Crippen LogP contribution >= 0.6 is 0 Å². The maximum atomic E-state index is 12.5. The van der Waals surface area contributed by atoms with Gasteiger partial charge in [-0.1, -0.05) is 0 Å². The molecule has 0 radical (unpaired) electrons. The Bertz CT molecular complexity index is 630. The van der Waals surface area contributed by atoms with Crippen molar-refractivity contribution in [2.24, 2.45) is 0 Å². The van der Waals surface area contributed by atoms with Crippen molar-refractivity contribution < 1.29 is 23.8 Å². The minimum absolute atomic E-state index is 0.0533. The van der Waals surface area contributed by atoms with Crippen molar-refractivity contribution in [2.75, 3.05) is 44.9 Å². The van der Waals surface area contributed by atoms with Crippen molar-refractivity contribution in [2.45, 2.75) is 32.0 Å². The molecule has 3 rings (SSSR count). The van der Waals surface area contributed by atoms with Crippen LogP contribution in [0.3, 0.4) is 0 Å². The van der Waals surface area contributed by atoms with E-state index in [0.29, 0.717) is 52.1 Å². The van der Waals surface area contributed by atoms with Gasteiger partial charge in [-0.05, 0) is 24.3 Å². The summed E-state index contributed by atoms with van der Waals surface area (Å²) < 4.78 is 16.5. The second-order valence-corrected chi connectivity index (χ2v) is 6.61. The zero-order valence-electron chi connectivity index (χ0n) is 15.4. The van der Waals surface area contributed by atoms with Gasteiger partial charge in [0, 0.05) is 51.5 Å². The molecule has 7 nitrogen and oxygen atoms in total. The molecule has 2 saturated heterocycles. The van der Waals surface area contributed by atoms with Crippen molar-refractivity contribution in [1.29, 1.82) is 0 Å². The number of anilines is 1. The number of likely N-dealkylation sites (tertiary alicyclic amines) is 1. The van der Waals surface area contributed by atoms with Gasteiger partial charge in [0.05, 0.1) is 20.3 Å². The quantitative estimate of drug-likeness (QED) is 0.799. The molecular formula is C19H26N2O5. The molecule has 2 aliphatic heterocycles. The van der Waals surface area contributed by atoms with Gasteiger partial charge < -0.3 is 24.0 Å². The van der Waals surface area contributed by atoms with E-state index in [1.165, 1.54) is 6.92 Å². The molecule has 2 heterocycles. The van der Waals surface area contributed by atoms with E-state index in [1.54, 1.807) is 24.1 Å². The van der Waals surface area contributed by atoms with E-state index in [9.17, 15) is 9.59 Å². The zero-order valence-corrected chi connectivity index (χ0v) is 15.4. The first kappa shape index (κ1) is 18.7. The summed E-state index contributed by atoms with van der Waals surface area (Å²) in [7, 11) is 1.60. The Morgan fingerprint density at radius 3 is 2.31 bits per heavy atom. The molecule has 1 aromatic rings. The minimum Gasteiger partial charge on any atom is -0.497 e. The summed E-state index contributed by atoms with van der Waals surface area (Å²) in [5, 5.41) is 0. The van der Waals surface area contributed by atoms with Gasteiger partial charge in [0.25, 0.3) is 0 Å². The molecule has 2 amide bonds. The minimum atomic E-state index is -0.481. The molecule has 7 heteroatoms. The lowest BCUT2D eigenvalue weighted by Gasteiger charge is -2.37. The number of benzene rings is 1. The Balaban J connectivity index is 1.53. The van der Waals surface area contributed by atoms with Gasteiger partial charge in [0.2, 0.25) is 11.8 Å². The summed E-state index contributed by atoms with van der Waals surface area (Å²) in [6.07, 6.45) is 1.70. The SMILES string of the molecule is COc1ccc(N(CCC(=O)N2CCC3(CC2)OCCO3)C(C)=O)cc1. The fourth-order valence-corrected chi connectivity index (χ4v) is 3.48. The van der Waals surface area contributed by atoms with E-state index in [2.05, 4.69) is 0 Å². The first-order valence-electron chi connectivity index (χ1n) is 9.01. The van der Waals surface area contributed by atoms with Crippen molar-refractivity contribution in [3.8, 4) is 5.75 Å². The third kappa shape index (κ3) is 4.16. The highest BCUT2D eigenvalue weighted by atomic mass is 16.7. The van der Waals surface area contributed by atoms with E-state index in [4.69, 9.17) is 14.2 Å². The normalized spacial score (nSPS) is 18.8. The molecule has 2 fully saturated rings. The molecule has 26 heavy (non-hydrogen) atoms. The van der Waals surface area contributed by atoms with Gasteiger partial charge in [-0.25, -0.2) is 0 Å². The number of amides is 2. The van der Waals surface area contributed by atoms with Crippen molar-refractivity contribution in [3.63, 3.8) is 0 Å². The van der Waals surface area contributed by atoms with E-state index < -0.39 is 5.79 Å². The molecular weight excluding hydrogens is 336 g/mol. The molecule has 0 unspecified atom stereocenters. The van der Waals surface area contributed by atoms with Gasteiger partial charge in [-0.3, -0.25) is 9.59 Å². The molecule has 0 aliphatic carbocycles. The van der Waals surface area contributed by atoms with Crippen LogP contribution in [0.4, 0.5) is 5.69 Å². The summed E-state index contributed by atoms with van der Waals surface area (Å²) in [6, 6.07) is 7.26. The average molecular weight is 362 g/mol. The Kier molecular flexibility index (Phi) is 5.78. The van der Waals surface area contributed by atoms with Crippen molar-refractivity contribution in [1.82, 2.24) is 4.90 Å². The lowest BCUT2D eigenvalue weighted by molar-refractivity contribution is -0.187. The molecule has 2 aliphatic rings. The van der Waals surface area contributed by atoms with Crippen LogP contribution in [0.5, 0.6) is 5.75 Å². The highest BCUT2D eigenvalue weighted by Crippen LogP contribution is 2.31. The summed E-state index contributed by atoms with van der Waals surface area (Å²) in [5.41, 5.74) is 0.761. The molecule has 142 valence electrons. The smallest absolute Gasteiger partial charge is 0.224 e. The second-order valence-electron chi connectivity index (χ2n) is 6.61. The topological polar surface area (TPSA) is 68.3 Å². The fraction of sp³-hybridized carbons (Fsp3) is 0.579. The first-order valence-corrected chi connectivity index (χ1v) is 9.01. The lowest BCUT2D eigenvalue weighted by Crippen LogP contribution is -2.48. The molecule has 1 spiro atoms. The second kappa shape index (κ2) is 8.05.